The lowest BCUT2D eigenvalue weighted by Crippen LogP contribution is -2.37. The molecule has 20 heavy (non-hydrogen) atoms. The Balaban J connectivity index is 2.20. The predicted molar refractivity (Wildman–Crippen MR) is 92.2 cm³/mol. The van der Waals surface area contributed by atoms with Crippen LogP contribution < -0.4 is 10.1 Å². The van der Waals surface area contributed by atoms with E-state index in [1.807, 2.05) is 13.0 Å². The van der Waals surface area contributed by atoms with Gasteiger partial charge in [-0.1, -0.05) is 26.0 Å². The van der Waals surface area contributed by atoms with Crippen LogP contribution in [-0.2, 0) is 0 Å². The third kappa shape index (κ3) is 4.09. The van der Waals surface area contributed by atoms with Crippen LogP contribution in [0.1, 0.15) is 32.4 Å². The van der Waals surface area contributed by atoms with Crippen LogP contribution in [-0.4, -0.2) is 35.2 Å². The molecule has 0 spiro atoms. The molecular weight excluding hydrogens is 286 g/mol. The van der Waals surface area contributed by atoms with E-state index < -0.39 is 0 Å². The van der Waals surface area contributed by atoms with E-state index in [2.05, 4.69) is 60.9 Å². The SMILES string of the molecule is CCNC(c1cccc(OCC)c1)C1SCCSC1C. The number of benzene rings is 1. The molecular formula is C16H25NOS2. The van der Waals surface area contributed by atoms with Crippen molar-refractivity contribution >= 4 is 23.5 Å². The Labute approximate surface area is 131 Å². The van der Waals surface area contributed by atoms with Gasteiger partial charge in [-0.25, -0.2) is 0 Å². The van der Waals surface area contributed by atoms with Crippen LogP contribution in [0.25, 0.3) is 0 Å². The summed E-state index contributed by atoms with van der Waals surface area (Å²) in [5.41, 5.74) is 1.35. The maximum absolute atomic E-state index is 5.65. The first kappa shape index (κ1) is 16.1. The lowest BCUT2D eigenvalue weighted by atomic mass is 10.0. The third-order valence-corrected chi connectivity index (χ3v) is 6.71. The van der Waals surface area contributed by atoms with E-state index in [-0.39, 0.29) is 0 Å². The smallest absolute Gasteiger partial charge is 0.119 e. The first-order valence-electron chi connectivity index (χ1n) is 7.45. The molecule has 1 heterocycles. The fourth-order valence-corrected chi connectivity index (χ4v) is 5.57. The van der Waals surface area contributed by atoms with Crippen molar-refractivity contribution in [3.05, 3.63) is 29.8 Å². The molecule has 1 aliphatic heterocycles. The van der Waals surface area contributed by atoms with E-state index in [1.54, 1.807) is 0 Å². The van der Waals surface area contributed by atoms with Crippen molar-refractivity contribution < 1.29 is 4.74 Å². The Bertz CT molecular complexity index is 413. The number of hydrogen-bond donors (Lipinski definition) is 1. The summed E-state index contributed by atoms with van der Waals surface area (Å²) in [6.07, 6.45) is 0. The molecule has 4 heteroatoms. The molecule has 0 radical (unpaired) electrons. The topological polar surface area (TPSA) is 21.3 Å². The average molecular weight is 312 g/mol. The van der Waals surface area contributed by atoms with Crippen LogP contribution in [0.15, 0.2) is 24.3 Å². The minimum absolute atomic E-state index is 0.410. The molecule has 1 aliphatic rings. The Hall–Kier alpha value is -0.320. The van der Waals surface area contributed by atoms with Gasteiger partial charge in [0, 0.05) is 28.0 Å². The highest BCUT2D eigenvalue weighted by Crippen LogP contribution is 2.39. The van der Waals surface area contributed by atoms with Gasteiger partial charge >= 0.3 is 0 Å². The van der Waals surface area contributed by atoms with E-state index >= 15 is 0 Å². The lowest BCUT2D eigenvalue weighted by molar-refractivity contribution is 0.339. The third-order valence-electron chi connectivity index (χ3n) is 3.52. The fraction of sp³-hybridized carbons (Fsp3) is 0.625. The number of hydrogen-bond acceptors (Lipinski definition) is 4. The van der Waals surface area contributed by atoms with Crippen LogP contribution in [0.2, 0.25) is 0 Å². The van der Waals surface area contributed by atoms with Gasteiger partial charge in [0.15, 0.2) is 0 Å². The van der Waals surface area contributed by atoms with E-state index in [9.17, 15) is 0 Å². The molecule has 0 bridgehead atoms. The van der Waals surface area contributed by atoms with Crippen molar-refractivity contribution in [2.24, 2.45) is 0 Å². The highest BCUT2D eigenvalue weighted by atomic mass is 32.2. The lowest BCUT2D eigenvalue weighted by Gasteiger charge is -2.35. The van der Waals surface area contributed by atoms with Crippen molar-refractivity contribution in [3.63, 3.8) is 0 Å². The first-order chi connectivity index (χ1) is 9.76. The molecule has 0 aromatic heterocycles. The zero-order chi connectivity index (χ0) is 14.4. The van der Waals surface area contributed by atoms with Crippen molar-refractivity contribution in [1.29, 1.82) is 0 Å². The molecule has 1 fully saturated rings. The maximum Gasteiger partial charge on any atom is 0.119 e. The normalized spacial score (nSPS) is 24.4. The van der Waals surface area contributed by atoms with Crippen molar-refractivity contribution in [2.45, 2.75) is 37.3 Å². The molecule has 2 rings (SSSR count). The number of thioether (sulfide) groups is 2. The van der Waals surface area contributed by atoms with Crippen LogP contribution in [0.3, 0.4) is 0 Å². The first-order valence-corrected chi connectivity index (χ1v) is 9.55. The highest BCUT2D eigenvalue weighted by Gasteiger charge is 2.31. The van der Waals surface area contributed by atoms with E-state index in [1.165, 1.54) is 17.1 Å². The van der Waals surface area contributed by atoms with Gasteiger partial charge in [-0.05, 0) is 31.2 Å². The standard InChI is InChI=1S/C16H25NOS2/c1-4-17-15(16-12(3)19-9-10-20-16)13-7-6-8-14(11-13)18-5-2/h6-8,11-12,15-17H,4-5,9-10H2,1-3H3. The molecule has 1 aromatic rings. The molecule has 3 unspecified atom stereocenters. The fourth-order valence-electron chi connectivity index (χ4n) is 2.62. The van der Waals surface area contributed by atoms with Gasteiger partial charge in [-0.3, -0.25) is 0 Å². The minimum atomic E-state index is 0.410. The summed E-state index contributed by atoms with van der Waals surface area (Å²) >= 11 is 4.21. The zero-order valence-corrected chi connectivity index (χ0v) is 14.2. The van der Waals surface area contributed by atoms with Gasteiger partial charge in [0.25, 0.3) is 0 Å². The molecule has 112 valence electrons. The Morgan fingerprint density at radius 2 is 2.10 bits per heavy atom. The summed E-state index contributed by atoms with van der Waals surface area (Å²) in [7, 11) is 0. The van der Waals surface area contributed by atoms with Gasteiger partial charge in [-0.15, -0.1) is 0 Å². The highest BCUT2D eigenvalue weighted by molar-refractivity contribution is 8.07. The summed E-state index contributed by atoms with van der Waals surface area (Å²) in [5, 5.41) is 5.00. The Morgan fingerprint density at radius 3 is 2.80 bits per heavy atom. The summed E-state index contributed by atoms with van der Waals surface area (Å²) in [4.78, 5) is 0. The number of ether oxygens (including phenoxy) is 1. The van der Waals surface area contributed by atoms with Crippen molar-refractivity contribution in [1.82, 2.24) is 5.32 Å². The molecule has 3 atom stereocenters. The summed E-state index contributed by atoms with van der Waals surface area (Å²) in [5.74, 6) is 3.52. The van der Waals surface area contributed by atoms with Gasteiger partial charge in [0.05, 0.1) is 6.61 Å². The minimum Gasteiger partial charge on any atom is -0.494 e. The van der Waals surface area contributed by atoms with E-state index in [4.69, 9.17) is 4.74 Å². The van der Waals surface area contributed by atoms with E-state index in [0.717, 1.165) is 18.9 Å². The number of rotatable bonds is 6. The van der Waals surface area contributed by atoms with Crippen LogP contribution in [0.4, 0.5) is 0 Å². The monoisotopic (exact) mass is 311 g/mol. The second-order valence-electron chi connectivity index (χ2n) is 4.95. The van der Waals surface area contributed by atoms with Gasteiger partial charge < -0.3 is 10.1 Å². The summed E-state index contributed by atoms with van der Waals surface area (Å²) < 4.78 is 5.65. The van der Waals surface area contributed by atoms with Gasteiger partial charge in [0.1, 0.15) is 5.75 Å². The predicted octanol–water partition coefficient (Wildman–Crippen LogP) is 3.97. The molecule has 1 saturated heterocycles. The zero-order valence-electron chi connectivity index (χ0n) is 12.6. The summed E-state index contributed by atoms with van der Waals surface area (Å²) in [6, 6.07) is 8.98. The van der Waals surface area contributed by atoms with Crippen LogP contribution >= 0.6 is 23.5 Å². The number of nitrogens with one attached hydrogen (secondary N) is 1. The molecule has 0 aliphatic carbocycles. The largest absolute Gasteiger partial charge is 0.494 e. The van der Waals surface area contributed by atoms with E-state index in [0.29, 0.717) is 16.5 Å². The maximum atomic E-state index is 5.65. The quantitative estimate of drug-likeness (QED) is 0.857. The van der Waals surface area contributed by atoms with Crippen LogP contribution in [0.5, 0.6) is 5.75 Å². The summed E-state index contributed by atoms with van der Waals surface area (Å²) in [6.45, 7) is 8.30. The molecule has 1 N–H and O–H groups in total. The molecule has 0 saturated carbocycles. The molecule has 1 aromatic carbocycles. The van der Waals surface area contributed by atoms with Crippen LogP contribution in [0, 0.1) is 0 Å². The van der Waals surface area contributed by atoms with Crippen molar-refractivity contribution in [2.75, 3.05) is 24.7 Å². The van der Waals surface area contributed by atoms with Gasteiger partial charge in [0.2, 0.25) is 0 Å². The van der Waals surface area contributed by atoms with Gasteiger partial charge in [-0.2, -0.15) is 23.5 Å². The molecule has 0 amide bonds. The Kier molecular flexibility index (Phi) is 6.59. The Morgan fingerprint density at radius 1 is 1.30 bits per heavy atom. The second kappa shape index (κ2) is 8.20. The molecule has 2 nitrogen and oxygen atoms in total. The van der Waals surface area contributed by atoms with Crippen molar-refractivity contribution in [3.8, 4) is 5.75 Å². The average Bonchev–Trinajstić information content (AvgIpc) is 2.46. The second-order valence-corrected chi connectivity index (χ2v) is 7.72.